The highest BCUT2D eigenvalue weighted by Crippen LogP contribution is 2.34. The molecule has 34 heavy (non-hydrogen) atoms. The highest BCUT2D eigenvalue weighted by molar-refractivity contribution is 5.97. The van der Waals surface area contributed by atoms with Gasteiger partial charge in [0, 0.05) is 36.1 Å². The molecule has 0 aliphatic carbocycles. The summed E-state index contributed by atoms with van der Waals surface area (Å²) < 4.78 is 1.63. The van der Waals surface area contributed by atoms with Crippen molar-refractivity contribution in [2.75, 3.05) is 0 Å². The van der Waals surface area contributed by atoms with Crippen molar-refractivity contribution in [3.63, 3.8) is 0 Å². The molecule has 0 saturated heterocycles. The molecule has 1 N–H and O–H groups in total. The number of para-hydroxylation sites is 1. The maximum atomic E-state index is 12.7. The first-order valence-electron chi connectivity index (χ1n) is 10.8. The molecule has 5 aromatic rings. The first kappa shape index (κ1) is 21.0. The molecule has 0 aliphatic heterocycles. The highest BCUT2D eigenvalue weighted by Gasteiger charge is 2.17. The summed E-state index contributed by atoms with van der Waals surface area (Å²) in [6.45, 7) is 0.394. The van der Waals surface area contributed by atoms with Crippen LogP contribution in [0.5, 0.6) is 0 Å². The van der Waals surface area contributed by atoms with Crippen molar-refractivity contribution in [3.8, 4) is 28.6 Å². The number of carbonyl (C=O) groups excluding carboxylic acids is 1. The van der Waals surface area contributed by atoms with Gasteiger partial charge in [0.1, 0.15) is 12.2 Å². The average molecular weight is 444 g/mol. The fraction of sp³-hybridized carbons (Fsp3) is 0.0741. The summed E-state index contributed by atoms with van der Waals surface area (Å²) in [5, 5.41) is 17.7. The standard InChI is InChI=1S/C27H20N6O/c28-15-19-6-5-7-20(14-19)16-31-26(34)18-33-17-23(27(32-33)25-10-3-4-12-29-25)21-11-13-30-24-9-2-1-8-22(21)24/h1-14,17H,16,18H2,(H,31,34). The van der Waals surface area contributed by atoms with Crippen molar-refractivity contribution < 1.29 is 4.79 Å². The molecule has 5 rings (SSSR count). The predicted octanol–water partition coefficient (Wildman–Crippen LogP) is 4.35. The van der Waals surface area contributed by atoms with E-state index in [0.29, 0.717) is 17.8 Å². The summed E-state index contributed by atoms with van der Waals surface area (Å²) in [7, 11) is 0. The van der Waals surface area contributed by atoms with Crippen LogP contribution in [0.25, 0.3) is 33.4 Å². The Bertz CT molecular complexity index is 1510. The zero-order valence-electron chi connectivity index (χ0n) is 18.2. The van der Waals surface area contributed by atoms with Crippen LogP contribution in [0.2, 0.25) is 0 Å². The largest absolute Gasteiger partial charge is 0.350 e. The lowest BCUT2D eigenvalue weighted by Gasteiger charge is -2.06. The van der Waals surface area contributed by atoms with Gasteiger partial charge in [-0.3, -0.25) is 19.4 Å². The molecule has 0 radical (unpaired) electrons. The normalized spacial score (nSPS) is 10.7. The Morgan fingerprint density at radius 1 is 0.941 bits per heavy atom. The van der Waals surface area contributed by atoms with E-state index in [-0.39, 0.29) is 12.5 Å². The summed E-state index contributed by atoms with van der Waals surface area (Å²) >= 11 is 0. The second-order valence-corrected chi connectivity index (χ2v) is 7.77. The number of fused-ring (bicyclic) bond motifs is 1. The molecule has 3 heterocycles. The molecule has 0 unspecified atom stereocenters. The van der Waals surface area contributed by atoms with E-state index in [2.05, 4.69) is 21.4 Å². The van der Waals surface area contributed by atoms with Crippen LogP contribution >= 0.6 is 0 Å². The minimum Gasteiger partial charge on any atom is -0.350 e. The van der Waals surface area contributed by atoms with Gasteiger partial charge in [-0.25, -0.2) is 0 Å². The van der Waals surface area contributed by atoms with Gasteiger partial charge in [-0.05, 0) is 47.5 Å². The minimum absolute atomic E-state index is 0.0563. The quantitative estimate of drug-likeness (QED) is 0.420. The first-order chi connectivity index (χ1) is 16.7. The summed E-state index contributed by atoms with van der Waals surface area (Å²) in [6.07, 6.45) is 5.38. The molecule has 2 aromatic carbocycles. The maximum Gasteiger partial charge on any atom is 0.241 e. The van der Waals surface area contributed by atoms with Crippen molar-refractivity contribution in [3.05, 3.63) is 103 Å². The molecule has 0 spiro atoms. The molecule has 0 bridgehead atoms. The topological polar surface area (TPSA) is 96.5 Å². The second kappa shape index (κ2) is 9.35. The van der Waals surface area contributed by atoms with E-state index in [1.54, 1.807) is 35.3 Å². The molecule has 3 aromatic heterocycles. The lowest BCUT2D eigenvalue weighted by atomic mass is 10.0. The SMILES string of the molecule is N#Cc1cccc(CNC(=O)Cn2cc(-c3ccnc4ccccc34)c(-c3ccccn3)n2)c1. The molecule has 7 nitrogen and oxygen atoms in total. The summed E-state index contributed by atoms with van der Waals surface area (Å²) in [5.74, 6) is -0.177. The van der Waals surface area contributed by atoms with E-state index in [0.717, 1.165) is 33.3 Å². The summed E-state index contributed by atoms with van der Waals surface area (Å²) in [5.41, 5.74) is 5.60. The van der Waals surface area contributed by atoms with Crippen molar-refractivity contribution in [1.29, 1.82) is 5.26 Å². The number of nitrogens with zero attached hydrogens (tertiary/aromatic N) is 5. The average Bonchev–Trinajstić information content (AvgIpc) is 3.31. The Kier molecular flexibility index (Phi) is 5.78. The molecule has 7 heteroatoms. The Hall–Kier alpha value is -4.83. The monoisotopic (exact) mass is 444 g/mol. The van der Waals surface area contributed by atoms with Gasteiger partial charge in [0.15, 0.2) is 0 Å². The Morgan fingerprint density at radius 2 is 1.82 bits per heavy atom. The Balaban J connectivity index is 1.45. The zero-order chi connectivity index (χ0) is 23.3. The summed E-state index contributed by atoms with van der Waals surface area (Å²) in [6, 6.07) is 24.9. The molecule has 1 amide bonds. The van der Waals surface area contributed by atoms with Crippen molar-refractivity contribution >= 4 is 16.8 Å². The highest BCUT2D eigenvalue weighted by atomic mass is 16.2. The number of hydrogen-bond donors (Lipinski definition) is 1. The zero-order valence-corrected chi connectivity index (χ0v) is 18.2. The van der Waals surface area contributed by atoms with Crippen LogP contribution < -0.4 is 5.32 Å². The van der Waals surface area contributed by atoms with Crippen molar-refractivity contribution in [2.24, 2.45) is 0 Å². The van der Waals surface area contributed by atoms with E-state index >= 15 is 0 Å². The van der Waals surface area contributed by atoms with E-state index in [4.69, 9.17) is 10.4 Å². The predicted molar refractivity (Wildman–Crippen MR) is 129 cm³/mol. The number of aromatic nitrogens is 4. The van der Waals surface area contributed by atoms with E-state index in [9.17, 15) is 4.79 Å². The van der Waals surface area contributed by atoms with Gasteiger partial charge in [0.2, 0.25) is 5.91 Å². The van der Waals surface area contributed by atoms with Crippen LogP contribution in [0.3, 0.4) is 0 Å². The van der Waals surface area contributed by atoms with Gasteiger partial charge < -0.3 is 5.32 Å². The van der Waals surface area contributed by atoms with E-state index in [1.807, 2.05) is 60.8 Å². The third-order valence-electron chi connectivity index (χ3n) is 5.46. The van der Waals surface area contributed by atoms with Gasteiger partial charge in [0.25, 0.3) is 0 Å². The van der Waals surface area contributed by atoms with Crippen LogP contribution in [0.15, 0.2) is 91.4 Å². The van der Waals surface area contributed by atoms with Crippen molar-refractivity contribution in [2.45, 2.75) is 13.1 Å². The molecule has 0 saturated carbocycles. The lowest BCUT2D eigenvalue weighted by Crippen LogP contribution is -2.27. The number of amides is 1. The maximum absolute atomic E-state index is 12.7. The second-order valence-electron chi connectivity index (χ2n) is 7.77. The number of pyridine rings is 2. The van der Waals surface area contributed by atoms with Crippen LogP contribution in [0, 0.1) is 11.3 Å². The van der Waals surface area contributed by atoms with E-state index < -0.39 is 0 Å². The molecule has 0 atom stereocenters. The van der Waals surface area contributed by atoms with Gasteiger partial charge in [0.05, 0.1) is 22.8 Å². The molecule has 0 aliphatic rings. The number of nitrogens with one attached hydrogen (secondary N) is 1. The van der Waals surface area contributed by atoms with Gasteiger partial charge in [-0.1, -0.05) is 36.4 Å². The third-order valence-corrected chi connectivity index (χ3v) is 5.46. The first-order valence-corrected chi connectivity index (χ1v) is 10.8. The number of carbonyl (C=O) groups is 1. The lowest BCUT2D eigenvalue weighted by molar-refractivity contribution is -0.122. The van der Waals surface area contributed by atoms with Gasteiger partial charge >= 0.3 is 0 Å². The Morgan fingerprint density at radius 3 is 2.68 bits per heavy atom. The fourth-order valence-corrected chi connectivity index (χ4v) is 3.88. The van der Waals surface area contributed by atoms with Crippen LogP contribution in [-0.4, -0.2) is 25.7 Å². The Labute approximate surface area is 196 Å². The van der Waals surface area contributed by atoms with E-state index in [1.165, 1.54) is 0 Å². The number of benzene rings is 2. The third kappa shape index (κ3) is 4.38. The molecule has 0 fully saturated rings. The minimum atomic E-state index is -0.177. The summed E-state index contributed by atoms with van der Waals surface area (Å²) in [4.78, 5) is 21.6. The van der Waals surface area contributed by atoms with Crippen LogP contribution in [0.4, 0.5) is 0 Å². The number of hydrogen-bond acceptors (Lipinski definition) is 5. The molecular weight excluding hydrogens is 424 g/mol. The molecule has 164 valence electrons. The fourth-order valence-electron chi connectivity index (χ4n) is 3.88. The number of rotatable bonds is 6. The van der Waals surface area contributed by atoms with Crippen LogP contribution in [-0.2, 0) is 17.9 Å². The molecular formula is C27H20N6O. The smallest absolute Gasteiger partial charge is 0.241 e. The van der Waals surface area contributed by atoms with Crippen molar-refractivity contribution in [1.82, 2.24) is 25.1 Å². The van der Waals surface area contributed by atoms with Gasteiger partial charge in [-0.2, -0.15) is 10.4 Å². The van der Waals surface area contributed by atoms with Gasteiger partial charge in [-0.15, -0.1) is 0 Å². The number of nitriles is 1. The van der Waals surface area contributed by atoms with Crippen LogP contribution in [0.1, 0.15) is 11.1 Å².